The van der Waals surface area contributed by atoms with E-state index < -0.39 is 0 Å². The Bertz CT molecular complexity index is 1440. The second-order valence-electron chi connectivity index (χ2n) is 9.72. The molecule has 37 heavy (non-hydrogen) atoms. The summed E-state index contributed by atoms with van der Waals surface area (Å²) in [6.45, 7) is 3.86. The van der Waals surface area contributed by atoms with Crippen molar-refractivity contribution >= 4 is 37.5 Å². The van der Waals surface area contributed by atoms with Crippen LogP contribution in [-0.4, -0.2) is 58.0 Å². The quantitative estimate of drug-likeness (QED) is 0.170. The van der Waals surface area contributed by atoms with Gasteiger partial charge in [0.05, 0.1) is 24.6 Å². The minimum Gasteiger partial charge on any atom is -0.491 e. The number of benzene rings is 4. The molecule has 4 aromatic carbocycles. The lowest BCUT2D eigenvalue weighted by Gasteiger charge is -2.23. The molecule has 0 spiro atoms. The molecule has 7 rings (SSSR count). The highest BCUT2D eigenvalue weighted by Gasteiger charge is 2.29. The van der Waals surface area contributed by atoms with E-state index in [1.807, 2.05) is 6.07 Å². The van der Waals surface area contributed by atoms with Gasteiger partial charge in [-0.2, -0.15) is 0 Å². The van der Waals surface area contributed by atoms with Crippen LogP contribution in [0.2, 0.25) is 0 Å². The summed E-state index contributed by atoms with van der Waals surface area (Å²) in [5.41, 5.74) is 2.10. The highest BCUT2D eigenvalue weighted by Crippen LogP contribution is 2.47. The Morgan fingerprint density at radius 2 is 1.16 bits per heavy atom. The van der Waals surface area contributed by atoms with Crippen LogP contribution >= 0.6 is 15.9 Å². The summed E-state index contributed by atoms with van der Waals surface area (Å²) in [4.78, 5) is -0.199. The van der Waals surface area contributed by atoms with Crippen LogP contribution in [0.3, 0.4) is 0 Å². The molecule has 3 aliphatic heterocycles. The Morgan fingerprint density at radius 1 is 0.649 bits per heavy atom. The van der Waals surface area contributed by atoms with E-state index in [0.29, 0.717) is 19.8 Å². The van der Waals surface area contributed by atoms with Crippen LogP contribution in [-0.2, 0) is 14.2 Å². The number of fused-ring (bicyclic) bond motifs is 2. The molecular formula is C30H27BrO6. The molecule has 0 saturated carbocycles. The molecule has 190 valence electrons. The average molecular weight is 563 g/mol. The predicted octanol–water partition coefficient (Wildman–Crippen LogP) is 5.81. The lowest BCUT2D eigenvalue weighted by atomic mass is 9.93. The van der Waals surface area contributed by atoms with Gasteiger partial charge >= 0.3 is 0 Å². The number of hydrogen-bond acceptors (Lipinski definition) is 6. The summed E-state index contributed by atoms with van der Waals surface area (Å²) in [6, 6.07) is 22.9. The molecule has 4 atom stereocenters. The van der Waals surface area contributed by atoms with Crippen LogP contribution in [0.15, 0.2) is 66.7 Å². The molecule has 0 bridgehead atoms. The van der Waals surface area contributed by atoms with E-state index in [0.717, 1.165) is 69.7 Å². The van der Waals surface area contributed by atoms with Crippen LogP contribution in [0, 0.1) is 0 Å². The Labute approximate surface area is 223 Å². The van der Waals surface area contributed by atoms with Gasteiger partial charge in [0, 0.05) is 11.1 Å². The van der Waals surface area contributed by atoms with E-state index >= 15 is 0 Å². The van der Waals surface area contributed by atoms with Crippen molar-refractivity contribution in [2.24, 2.45) is 0 Å². The molecule has 3 aliphatic rings. The number of ether oxygens (including phenoxy) is 6. The Kier molecular flexibility index (Phi) is 6.17. The largest absolute Gasteiger partial charge is 0.491 e. The Hall–Kier alpha value is -2.84. The first-order chi connectivity index (χ1) is 18.2. The van der Waals surface area contributed by atoms with Crippen molar-refractivity contribution in [3.05, 3.63) is 77.9 Å². The van der Waals surface area contributed by atoms with Gasteiger partial charge in [0.25, 0.3) is 0 Å². The summed E-state index contributed by atoms with van der Waals surface area (Å²) < 4.78 is 34.9. The number of halogens is 1. The van der Waals surface area contributed by atoms with Crippen molar-refractivity contribution in [3.8, 4) is 17.2 Å². The van der Waals surface area contributed by atoms with Crippen molar-refractivity contribution in [2.75, 3.05) is 39.6 Å². The molecule has 0 aliphatic carbocycles. The van der Waals surface area contributed by atoms with Gasteiger partial charge in [-0.05, 0) is 45.8 Å². The van der Waals surface area contributed by atoms with Gasteiger partial charge in [0.2, 0.25) is 0 Å². The lowest BCUT2D eigenvalue weighted by molar-refractivity contribution is 0.259. The molecule has 4 unspecified atom stereocenters. The molecule has 3 saturated heterocycles. The third-order valence-corrected chi connectivity index (χ3v) is 7.84. The van der Waals surface area contributed by atoms with Crippen molar-refractivity contribution < 1.29 is 28.4 Å². The zero-order valence-corrected chi connectivity index (χ0v) is 21.8. The van der Waals surface area contributed by atoms with Crippen LogP contribution < -0.4 is 14.2 Å². The average Bonchev–Trinajstić information content (AvgIpc) is 3.77. The molecule has 0 amide bonds. The summed E-state index contributed by atoms with van der Waals surface area (Å²) in [5.74, 6) is 2.46. The molecule has 3 fully saturated rings. The van der Waals surface area contributed by atoms with Gasteiger partial charge in [0.1, 0.15) is 55.4 Å². The second-order valence-corrected chi connectivity index (χ2v) is 10.6. The summed E-state index contributed by atoms with van der Waals surface area (Å²) in [7, 11) is 0. The zero-order chi connectivity index (χ0) is 24.8. The number of hydrogen-bond donors (Lipinski definition) is 0. The van der Waals surface area contributed by atoms with Crippen molar-refractivity contribution in [3.63, 3.8) is 0 Å². The highest BCUT2D eigenvalue weighted by molar-refractivity contribution is 9.09. The zero-order valence-electron chi connectivity index (χ0n) is 20.2. The van der Waals surface area contributed by atoms with Gasteiger partial charge in [-0.15, -0.1) is 0 Å². The first-order valence-electron chi connectivity index (χ1n) is 12.7. The van der Waals surface area contributed by atoms with E-state index in [9.17, 15) is 0 Å². The van der Waals surface area contributed by atoms with E-state index in [-0.39, 0.29) is 23.1 Å². The standard InChI is InChI=1S/C30H27BrO6/c31-30(28-24-4-2-1-3-18(24)6-9-26(28)36-16-22-14-34-22)29-25-11-20(32-12-21-13-33-21)8-5-19(25)7-10-27(29)37-17-23-15-35-23/h1-11,21-23,30H,12-17H2. The van der Waals surface area contributed by atoms with Crippen molar-refractivity contribution in [1.29, 1.82) is 0 Å². The number of epoxide rings is 3. The second kappa shape index (κ2) is 9.80. The maximum absolute atomic E-state index is 6.34. The predicted molar refractivity (Wildman–Crippen MR) is 144 cm³/mol. The topological polar surface area (TPSA) is 65.3 Å². The van der Waals surface area contributed by atoms with Crippen molar-refractivity contribution in [1.82, 2.24) is 0 Å². The third kappa shape index (κ3) is 5.14. The molecule has 7 heteroatoms. The van der Waals surface area contributed by atoms with Gasteiger partial charge < -0.3 is 28.4 Å². The fourth-order valence-corrected chi connectivity index (χ4v) is 5.58. The van der Waals surface area contributed by atoms with Crippen LogP contribution in [0.4, 0.5) is 0 Å². The van der Waals surface area contributed by atoms with Gasteiger partial charge in [0.15, 0.2) is 0 Å². The molecular weight excluding hydrogens is 536 g/mol. The number of rotatable bonds is 11. The van der Waals surface area contributed by atoms with Gasteiger partial charge in [-0.3, -0.25) is 0 Å². The van der Waals surface area contributed by atoms with Crippen LogP contribution in [0.5, 0.6) is 17.2 Å². The van der Waals surface area contributed by atoms with E-state index in [2.05, 4.69) is 76.6 Å². The van der Waals surface area contributed by atoms with E-state index in [1.165, 1.54) is 0 Å². The minimum absolute atomic E-state index is 0.153. The van der Waals surface area contributed by atoms with Crippen molar-refractivity contribution in [2.45, 2.75) is 23.1 Å². The maximum Gasteiger partial charge on any atom is 0.124 e. The highest BCUT2D eigenvalue weighted by atomic mass is 79.9. The van der Waals surface area contributed by atoms with E-state index in [4.69, 9.17) is 28.4 Å². The first kappa shape index (κ1) is 23.3. The molecule has 3 heterocycles. The summed E-state index contributed by atoms with van der Waals surface area (Å²) >= 11 is 4.10. The third-order valence-electron chi connectivity index (χ3n) is 6.92. The maximum atomic E-state index is 6.34. The fourth-order valence-electron chi connectivity index (χ4n) is 4.63. The van der Waals surface area contributed by atoms with E-state index in [1.54, 1.807) is 0 Å². The molecule has 6 nitrogen and oxygen atoms in total. The summed E-state index contributed by atoms with van der Waals surface area (Å²) in [6.07, 6.45) is 0.511. The molecule has 4 aromatic rings. The number of alkyl halides is 1. The van der Waals surface area contributed by atoms with Gasteiger partial charge in [-0.25, -0.2) is 0 Å². The summed E-state index contributed by atoms with van der Waals surface area (Å²) in [5, 5.41) is 4.46. The minimum atomic E-state index is -0.199. The SMILES string of the molecule is BrC(c1c(OCC2CO2)ccc2ccccc12)c1c(OCC2CO2)ccc2ccc(OCC3CO3)cc12. The lowest BCUT2D eigenvalue weighted by Crippen LogP contribution is -2.10. The smallest absolute Gasteiger partial charge is 0.124 e. The van der Waals surface area contributed by atoms with Gasteiger partial charge in [-0.1, -0.05) is 58.4 Å². The monoisotopic (exact) mass is 562 g/mol. The Balaban J connectivity index is 1.35. The Morgan fingerprint density at radius 3 is 1.78 bits per heavy atom. The van der Waals surface area contributed by atoms with Crippen LogP contribution in [0.1, 0.15) is 16.0 Å². The normalized spacial score (nSPS) is 22.6. The first-order valence-corrected chi connectivity index (χ1v) is 13.6. The van der Waals surface area contributed by atoms with Crippen LogP contribution in [0.25, 0.3) is 21.5 Å². The molecule has 0 radical (unpaired) electrons. The fraction of sp³-hybridized carbons (Fsp3) is 0.333. The molecule has 0 N–H and O–H groups in total. The molecule has 0 aromatic heterocycles.